The third kappa shape index (κ3) is 13.3. The topological polar surface area (TPSA) is 93.1 Å². The van der Waals surface area contributed by atoms with Crippen molar-refractivity contribution in [2.45, 2.75) is 51.4 Å². The summed E-state index contributed by atoms with van der Waals surface area (Å²) in [5.41, 5.74) is 0. The van der Waals surface area contributed by atoms with Crippen molar-refractivity contribution < 1.29 is 29.3 Å². The molecule has 6 nitrogen and oxygen atoms in total. The third-order valence-electron chi connectivity index (χ3n) is 2.68. The second kappa shape index (κ2) is 14.3. The van der Waals surface area contributed by atoms with E-state index in [0.717, 1.165) is 25.7 Å². The molecule has 0 spiro atoms. The average molecular weight is 290 g/mol. The number of rotatable bonds is 1. The molecule has 0 radical (unpaired) electrons. The second-order valence-corrected chi connectivity index (χ2v) is 4.51. The van der Waals surface area contributed by atoms with E-state index < -0.39 is 0 Å². The molecule has 6 heteroatoms. The fourth-order valence-corrected chi connectivity index (χ4v) is 1.61. The monoisotopic (exact) mass is 290 g/mol. The molecule has 1 rings (SSSR count). The van der Waals surface area contributed by atoms with Crippen LogP contribution in [0.4, 0.5) is 0 Å². The van der Waals surface area contributed by atoms with Crippen LogP contribution in [0.3, 0.4) is 0 Å². The van der Waals surface area contributed by atoms with Crippen LogP contribution in [0.5, 0.6) is 0 Å². The van der Waals surface area contributed by atoms with Crippen LogP contribution in [0.2, 0.25) is 0 Å². The van der Waals surface area contributed by atoms with Gasteiger partial charge in [-0.25, -0.2) is 0 Å². The molecule has 0 atom stereocenters. The highest BCUT2D eigenvalue weighted by molar-refractivity contribution is 5.70. The summed E-state index contributed by atoms with van der Waals surface area (Å²) < 4.78 is 10.1. The van der Waals surface area contributed by atoms with Crippen LogP contribution in [0.25, 0.3) is 0 Å². The van der Waals surface area contributed by atoms with Crippen molar-refractivity contribution >= 4 is 11.9 Å². The van der Waals surface area contributed by atoms with Crippen LogP contribution in [-0.2, 0) is 19.1 Å². The summed E-state index contributed by atoms with van der Waals surface area (Å²) in [6.45, 7) is 0.803. The summed E-state index contributed by atoms with van der Waals surface area (Å²) in [5.74, 6) is -0.296. The zero-order valence-electron chi connectivity index (χ0n) is 12.0. The van der Waals surface area contributed by atoms with E-state index in [2.05, 4.69) is 0 Å². The number of carbonyl (C=O) groups excluding carboxylic acids is 2. The Morgan fingerprint density at radius 3 is 1.45 bits per heavy atom. The van der Waals surface area contributed by atoms with Gasteiger partial charge in [0, 0.05) is 12.8 Å². The second-order valence-electron chi connectivity index (χ2n) is 4.51. The summed E-state index contributed by atoms with van der Waals surface area (Å²) in [6.07, 6.45) is 6.07. The molecular weight excluding hydrogens is 264 g/mol. The molecule has 0 saturated carbocycles. The molecule has 1 saturated heterocycles. The van der Waals surface area contributed by atoms with E-state index in [1.807, 2.05) is 0 Å². The van der Waals surface area contributed by atoms with Gasteiger partial charge in [0.2, 0.25) is 0 Å². The minimum atomic E-state index is -0.148. The normalized spacial score (nSPS) is 18.9. The lowest BCUT2D eigenvalue weighted by atomic mass is 10.2. The number of ether oxygens (including phenoxy) is 2. The number of aliphatic hydroxyl groups is 2. The molecule has 0 aliphatic carbocycles. The van der Waals surface area contributed by atoms with Crippen molar-refractivity contribution in [3.8, 4) is 0 Å². The predicted octanol–water partition coefficient (Wildman–Crippen LogP) is 1.18. The number of hydrogen-bond acceptors (Lipinski definition) is 6. The zero-order chi connectivity index (χ0) is 15.1. The molecule has 1 aliphatic heterocycles. The highest BCUT2D eigenvalue weighted by Gasteiger charge is 2.07. The zero-order valence-corrected chi connectivity index (χ0v) is 12.0. The Labute approximate surface area is 120 Å². The summed E-state index contributed by atoms with van der Waals surface area (Å²) in [5, 5.41) is 15.2. The summed E-state index contributed by atoms with van der Waals surface area (Å²) in [7, 11) is 0. The van der Waals surface area contributed by atoms with Crippen LogP contribution in [0.15, 0.2) is 0 Å². The van der Waals surface area contributed by atoms with E-state index in [-0.39, 0.29) is 25.2 Å². The Balaban J connectivity index is 0.000000796. The van der Waals surface area contributed by atoms with Crippen LogP contribution in [0.1, 0.15) is 51.4 Å². The van der Waals surface area contributed by atoms with Gasteiger partial charge in [0.15, 0.2) is 0 Å². The third-order valence-corrected chi connectivity index (χ3v) is 2.68. The number of carbonyl (C=O) groups is 2. The largest absolute Gasteiger partial charge is 0.466 e. The number of aliphatic hydroxyl groups excluding tert-OH is 2. The van der Waals surface area contributed by atoms with Crippen molar-refractivity contribution in [3.05, 3.63) is 0 Å². The lowest BCUT2D eigenvalue weighted by Crippen LogP contribution is -2.09. The smallest absolute Gasteiger partial charge is 0.305 e. The fourth-order valence-electron chi connectivity index (χ4n) is 1.61. The van der Waals surface area contributed by atoms with Crippen molar-refractivity contribution in [2.24, 2.45) is 0 Å². The van der Waals surface area contributed by atoms with Crippen LogP contribution in [-0.4, -0.2) is 48.6 Å². The summed E-state index contributed by atoms with van der Waals surface area (Å²) in [6, 6.07) is 0. The van der Waals surface area contributed by atoms with Gasteiger partial charge in [0.1, 0.15) is 0 Å². The molecule has 1 heterocycles. The highest BCUT2D eigenvalue weighted by atomic mass is 16.5. The van der Waals surface area contributed by atoms with Gasteiger partial charge in [0.25, 0.3) is 0 Å². The van der Waals surface area contributed by atoms with Gasteiger partial charge in [0.05, 0.1) is 26.4 Å². The van der Waals surface area contributed by atoms with E-state index in [0.29, 0.717) is 38.9 Å². The number of cyclic esters (lactones) is 2. The first-order valence-corrected chi connectivity index (χ1v) is 7.23. The van der Waals surface area contributed by atoms with Crippen LogP contribution < -0.4 is 0 Å². The summed E-state index contributed by atoms with van der Waals surface area (Å²) in [4.78, 5) is 22.4. The van der Waals surface area contributed by atoms with E-state index in [4.69, 9.17) is 19.7 Å². The van der Waals surface area contributed by atoms with Crippen LogP contribution in [0, 0.1) is 0 Å². The van der Waals surface area contributed by atoms with E-state index in [9.17, 15) is 9.59 Å². The minimum absolute atomic E-state index is 0.125. The van der Waals surface area contributed by atoms with Gasteiger partial charge in [-0.2, -0.15) is 0 Å². The average Bonchev–Trinajstić information content (AvgIpc) is 2.46. The fraction of sp³-hybridized carbons (Fsp3) is 0.857. The number of hydrogen-bond donors (Lipinski definition) is 2. The van der Waals surface area contributed by atoms with Crippen LogP contribution >= 0.6 is 0 Å². The van der Waals surface area contributed by atoms with E-state index in [1.54, 1.807) is 0 Å². The standard InChI is InChI=1S/C12H20O4.C2H6O2/c13-11-7-3-4-8-12(14)16-10-6-2-1-5-9-15-11;3-1-2-4/h1-10H2;3-4H,1-2H2. The predicted molar refractivity (Wildman–Crippen MR) is 73.0 cm³/mol. The molecule has 0 unspecified atom stereocenters. The van der Waals surface area contributed by atoms with Crippen molar-refractivity contribution in [1.82, 2.24) is 0 Å². The SMILES string of the molecule is O=C1CCCCC(=O)OCCCCCCO1.OCCO. The summed E-state index contributed by atoms with van der Waals surface area (Å²) >= 11 is 0. The maximum Gasteiger partial charge on any atom is 0.305 e. The van der Waals surface area contributed by atoms with E-state index in [1.165, 1.54) is 0 Å². The van der Waals surface area contributed by atoms with Gasteiger partial charge < -0.3 is 19.7 Å². The first-order valence-electron chi connectivity index (χ1n) is 7.23. The Bertz CT molecular complexity index is 228. The van der Waals surface area contributed by atoms with Gasteiger partial charge in [-0.1, -0.05) is 0 Å². The van der Waals surface area contributed by atoms with Crippen molar-refractivity contribution in [3.63, 3.8) is 0 Å². The quantitative estimate of drug-likeness (QED) is 0.704. The molecule has 118 valence electrons. The maximum absolute atomic E-state index is 11.2. The molecule has 0 bridgehead atoms. The molecule has 1 aliphatic rings. The first kappa shape index (κ1) is 18.9. The van der Waals surface area contributed by atoms with Gasteiger partial charge in [-0.3, -0.25) is 9.59 Å². The maximum atomic E-state index is 11.2. The van der Waals surface area contributed by atoms with Crippen molar-refractivity contribution in [2.75, 3.05) is 26.4 Å². The molecule has 20 heavy (non-hydrogen) atoms. The minimum Gasteiger partial charge on any atom is -0.466 e. The molecule has 0 aromatic rings. The lowest BCUT2D eigenvalue weighted by Gasteiger charge is -2.07. The van der Waals surface area contributed by atoms with Crippen molar-refractivity contribution in [1.29, 1.82) is 0 Å². The molecular formula is C14H26O6. The molecule has 0 amide bonds. The Morgan fingerprint density at radius 1 is 0.700 bits per heavy atom. The molecule has 0 aromatic carbocycles. The molecule has 2 N–H and O–H groups in total. The number of esters is 2. The van der Waals surface area contributed by atoms with Gasteiger partial charge >= 0.3 is 11.9 Å². The first-order chi connectivity index (χ1) is 9.70. The van der Waals surface area contributed by atoms with Gasteiger partial charge in [-0.15, -0.1) is 0 Å². The van der Waals surface area contributed by atoms with Gasteiger partial charge in [-0.05, 0) is 38.5 Å². The molecule has 0 aromatic heterocycles. The Morgan fingerprint density at radius 2 is 1.10 bits per heavy atom. The Kier molecular flexibility index (Phi) is 13.5. The highest BCUT2D eigenvalue weighted by Crippen LogP contribution is 2.07. The Hall–Kier alpha value is -1.14. The molecule has 1 fully saturated rings. The lowest BCUT2D eigenvalue weighted by molar-refractivity contribution is -0.146. The van der Waals surface area contributed by atoms with E-state index >= 15 is 0 Å².